The maximum absolute atomic E-state index is 2.37. The topological polar surface area (TPSA) is 0 Å². The van der Waals surface area contributed by atoms with Crippen LogP contribution >= 0.6 is 7.26 Å². The Bertz CT molecular complexity index is 1000. The summed E-state index contributed by atoms with van der Waals surface area (Å²) in [6.45, 7) is 0. The fraction of sp³-hybridized carbons (Fsp3) is 0.314. The predicted molar refractivity (Wildman–Crippen MR) is 162 cm³/mol. The van der Waals surface area contributed by atoms with Crippen molar-refractivity contribution in [1.82, 2.24) is 0 Å². The van der Waals surface area contributed by atoms with Crippen molar-refractivity contribution in [3.05, 3.63) is 127 Å². The van der Waals surface area contributed by atoms with Crippen molar-refractivity contribution >= 4 is 23.2 Å². The minimum Gasteiger partial charge on any atom is -1.00 e. The lowest BCUT2D eigenvalue weighted by Crippen LogP contribution is -3.00. The summed E-state index contributed by atoms with van der Waals surface area (Å²) in [4.78, 5) is 0. The first kappa shape index (κ1) is 29.3. The molecule has 194 valence electrons. The van der Waals surface area contributed by atoms with Gasteiger partial charge >= 0.3 is 0 Å². The normalized spacial score (nSPS) is 11.1. The fourth-order valence-corrected chi connectivity index (χ4v) is 9.85. The van der Waals surface area contributed by atoms with E-state index in [9.17, 15) is 0 Å². The van der Waals surface area contributed by atoms with E-state index >= 15 is 0 Å². The number of hydrogen-bond acceptors (Lipinski definition) is 0. The van der Waals surface area contributed by atoms with Gasteiger partial charge in [-0.05, 0) is 67.6 Å². The number of hydrogen-bond donors (Lipinski definition) is 0. The lowest BCUT2D eigenvalue weighted by Gasteiger charge is -2.27. The van der Waals surface area contributed by atoms with Gasteiger partial charge in [0.1, 0.15) is 23.2 Å². The first-order valence-corrected chi connectivity index (χ1v) is 16.0. The zero-order valence-electron chi connectivity index (χ0n) is 22.2. The van der Waals surface area contributed by atoms with Crippen LogP contribution < -0.4 is 32.9 Å². The summed E-state index contributed by atoms with van der Waals surface area (Å²) < 4.78 is 0. The first-order valence-electron chi connectivity index (χ1n) is 14.0. The molecule has 0 fully saturated rings. The van der Waals surface area contributed by atoms with E-state index in [1.54, 1.807) is 0 Å². The highest BCUT2D eigenvalue weighted by Gasteiger charge is 2.44. The average Bonchev–Trinajstić information content (AvgIpc) is 2.96. The molecule has 4 aromatic rings. The molecule has 0 nitrogen and oxygen atoms in total. The van der Waals surface area contributed by atoms with Gasteiger partial charge in [0.2, 0.25) is 0 Å². The summed E-state index contributed by atoms with van der Waals surface area (Å²) >= 11 is 0. The predicted octanol–water partition coefficient (Wildman–Crippen LogP) is 5.74. The molecule has 0 heterocycles. The molecule has 0 saturated carbocycles. The van der Waals surface area contributed by atoms with E-state index in [-0.39, 0.29) is 17.0 Å². The molecule has 0 radical (unpaired) electrons. The third-order valence-corrected chi connectivity index (χ3v) is 11.9. The third-order valence-electron chi connectivity index (χ3n) is 7.39. The summed E-state index contributed by atoms with van der Waals surface area (Å²) in [6.07, 6.45) is 14.7. The van der Waals surface area contributed by atoms with Crippen LogP contribution in [0, 0.1) is 0 Å². The molecule has 0 aliphatic carbocycles. The highest BCUT2D eigenvalue weighted by atomic mass is 79.9. The second-order valence-corrected chi connectivity index (χ2v) is 13.6. The Morgan fingerprint density at radius 3 is 1.08 bits per heavy atom. The average molecular weight is 574 g/mol. The van der Waals surface area contributed by atoms with Crippen molar-refractivity contribution in [3.63, 3.8) is 0 Å². The largest absolute Gasteiger partial charge is 1.00 e. The van der Waals surface area contributed by atoms with Crippen LogP contribution in [0.25, 0.3) is 0 Å². The minimum absolute atomic E-state index is 0. The van der Waals surface area contributed by atoms with Crippen LogP contribution in [0.5, 0.6) is 0 Å². The molecule has 0 atom stereocenters. The van der Waals surface area contributed by atoms with Gasteiger partial charge in [0.15, 0.2) is 0 Å². The van der Waals surface area contributed by atoms with Crippen molar-refractivity contribution in [2.45, 2.75) is 64.2 Å². The van der Waals surface area contributed by atoms with Gasteiger partial charge in [-0.25, -0.2) is 0 Å². The summed E-state index contributed by atoms with van der Waals surface area (Å²) in [5, 5.41) is 4.54. The van der Waals surface area contributed by atoms with Crippen LogP contribution in [0.15, 0.2) is 121 Å². The molecule has 4 aromatic carbocycles. The van der Waals surface area contributed by atoms with Gasteiger partial charge in [-0.15, -0.1) is 0 Å². The summed E-state index contributed by atoms with van der Waals surface area (Å²) in [7, 11) is -1.65. The van der Waals surface area contributed by atoms with E-state index < -0.39 is 7.26 Å². The fourth-order valence-electron chi connectivity index (χ4n) is 5.44. The SMILES string of the molecule is [Br-].c1ccc(CCCCCCCCCCC[P+](c2ccccc2)(c2ccccc2)c2ccccc2)cc1. The minimum atomic E-state index is -1.65. The third kappa shape index (κ3) is 8.66. The second-order valence-electron chi connectivity index (χ2n) is 9.96. The zero-order chi connectivity index (χ0) is 24.7. The Balaban J connectivity index is 0.00000380. The molecule has 0 aliphatic rings. The second kappa shape index (κ2) is 16.6. The van der Waals surface area contributed by atoms with Crippen molar-refractivity contribution in [3.8, 4) is 0 Å². The summed E-state index contributed by atoms with van der Waals surface area (Å²) in [5.41, 5.74) is 1.48. The number of halogens is 1. The molecule has 2 heteroatoms. The number of unbranched alkanes of at least 4 members (excludes halogenated alkanes) is 8. The molecule has 0 aromatic heterocycles. The molecule has 0 unspecified atom stereocenters. The molecular formula is C35H42BrP. The molecule has 0 N–H and O–H groups in total. The van der Waals surface area contributed by atoms with Crippen LogP contribution in [0.4, 0.5) is 0 Å². The Hall–Kier alpha value is -2.21. The van der Waals surface area contributed by atoms with Crippen LogP contribution in [0.2, 0.25) is 0 Å². The molecule has 0 amide bonds. The quantitative estimate of drug-likeness (QED) is 0.126. The summed E-state index contributed by atoms with van der Waals surface area (Å²) in [6, 6.07) is 44.9. The lowest BCUT2D eigenvalue weighted by molar-refractivity contribution is -0.00000718. The van der Waals surface area contributed by atoms with Crippen LogP contribution in [-0.2, 0) is 6.42 Å². The lowest BCUT2D eigenvalue weighted by atomic mass is 10.0. The molecule has 0 spiro atoms. The molecule has 0 saturated heterocycles. The van der Waals surface area contributed by atoms with E-state index in [1.807, 2.05) is 0 Å². The van der Waals surface area contributed by atoms with Gasteiger partial charge in [-0.3, -0.25) is 0 Å². The van der Waals surface area contributed by atoms with Crippen LogP contribution in [-0.4, -0.2) is 6.16 Å². The number of rotatable bonds is 15. The van der Waals surface area contributed by atoms with Crippen molar-refractivity contribution in [1.29, 1.82) is 0 Å². The smallest absolute Gasteiger partial charge is 0.112 e. The van der Waals surface area contributed by atoms with E-state index in [2.05, 4.69) is 121 Å². The number of benzene rings is 4. The maximum Gasteiger partial charge on any atom is 0.112 e. The van der Waals surface area contributed by atoms with Gasteiger partial charge in [-0.2, -0.15) is 0 Å². The maximum atomic E-state index is 2.37. The highest BCUT2D eigenvalue weighted by Crippen LogP contribution is 2.56. The molecule has 37 heavy (non-hydrogen) atoms. The Morgan fingerprint density at radius 1 is 0.351 bits per heavy atom. The number of aryl methyl sites for hydroxylation is 1. The van der Waals surface area contributed by atoms with Crippen molar-refractivity contribution in [2.24, 2.45) is 0 Å². The first-order chi connectivity index (χ1) is 17.9. The summed E-state index contributed by atoms with van der Waals surface area (Å²) in [5.74, 6) is 0. The molecular weight excluding hydrogens is 531 g/mol. The van der Waals surface area contributed by atoms with E-state index in [4.69, 9.17) is 0 Å². The Morgan fingerprint density at radius 2 is 0.676 bits per heavy atom. The van der Waals surface area contributed by atoms with Crippen molar-refractivity contribution in [2.75, 3.05) is 6.16 Å². The zero-order valence-corrected chi connectivity index (χ0v) is 24.6. The monoisotopic (exact) mass is 572 g/mol. The van der Waals surface area contributed by atoms with E-state index in [0.29, 0.717) is 0 Å². The van der Waals surface area contributed by atoms with Crippen LogP contribution in [0.1, 0.15) is 63.4 Å². The standard InChI is InChI=1S/C35H42P.BrH/c1(2-4-6-12-22-32-23-13-8-14-24-32)3-5-7-21-31-36(33-25-15-9-16-26-33,34-27-17-10-18-28-34)35-29-19-11-20-30-35;/h8-11,13-20,23-30H,1-7,12,21-22,31H2;1H/q+1;/p-1. The van der Waals surface area contributed by atoms with Gasteiger partial charge in [0.25, 0.3) is 0 Å². The van der Waals surface area contributed by atoms with E-state index in [0.717, 1.165) is 0 Å². The Labute approximate surface area is 236 Å². The molecule has 0 aliphatic heterocycles. The van der Waals surface area contributed by atoms with Gasteiger partial charge in [0.05, 0.1) is 6.16 Å². The Kier molecular flexibility index (Phi) is 13.2. The van der Waals surface area contributed by atoms with Gasteiger partial charge in [0, 0.05) is 0 Å². The highest BCUT2D eigenvalue weighted by molar-refractivity contribution is 7.95. The van der Waals surface area contributed by atoms with Gasteiger partial charge in [-0.1, -0.05) is 123 Å². The molecule has 4 rings (SSSR count). The van der Waals surface area contributed by atoms with Crippen LogP contribution in [0.3, 0.4) is 0 Å². The van der Waals surface area contributed by atoms with E-state index in [1.165, 1.54) is 91.8 Å². The molecule has 0 bridgehead atoms. The van der Waals surface area contributed by atoms with Gasteiger partial charge < -0.3 is 17.0 Å². The van der Waals surface area contributed by atoms with Crippen molar-refractivity contribution < 1.29 is 17.0 Å².